The van der Waals surface area contributed by atoms with E-state index in [9.17, 15) is 4.79 Å². The number of hydrogen-bond donors (Lipinski definition) is 3. The van der Waals surface area contributed by atoms with Gasteiger partial charge in [-0.05, 0) is 49.4 Å². The van der Waals surface area contributed by atoms with Crippen LogP contribution in [-0.4, -0.2) is 19.0 Å². The third kappa shape index (κ3) is 3.54. The van der Waals surface area contributed by atoms with Crippen LogP contribution in [0.25, 0.3) is 0 Å². The molecule has 0 bridgehead atoms. The first-order chi connectivity index (χ1) is 7.95. The van der Waals surface area contributed by atoms with Crippen molar-refractivity contribution in [3.05, 3.63) is 34.4 Å². The third-order valence-electron chi connectivity index (χ3n) is 2.98. The molecule has 0 heterocycles. The Hall–Kier alpha value is -1.39. The van der Waals surface area contributed by atoms with Gasteiger partial charge in [0.15, 0.2) is 0 Å². The Morgan fingerprint density at radius 3 is 2.41 bits per heavy atom. The van der Waals surface area contributed by atoms with E-state index in [0.717, 1.165) is 5.56 Å². The minimum absolute atomic E-state index is 0.190. The van der Waals surface area contributed by atoms with Crippen molar-refractivity contribution in [2.45, 2.75) is 33.2 Å². The molecule has 0 radical (unpaired) electrons. The van der Waals surface area contributed by atoms with Crippen LogP contribution in [0.3, 0.4) is 0 Å². The van der Waals surface area contributed by atoms with Crippen molar-refractivity contribution < 1.29 is 4.79 Å². The molecule has 17 heavy (non-hydrogen) atoms. The molecular weight excluding hydrogens is 214 g/mol. The van der Waals surface area contributed by atoms with Gasteiger partial charge in [0, 0.05) is 7.05 Å². The van der Waals surface area contributed by atoms with Crippen LogP contribution in [0.2, 0.25) is 0 Å². The molecule has 1 rings (SSSR count). The number of hydrazine groups is 1. The summed E-state index contributed by atoms with van der Waals surface area (Å²) < 4.78 is 0. The Balaban J connectivity index is 2.81. The Morgan fingerprint density at radius 1 is 1.24 bits per heavy atom. The summed E-state index contributed by atoms with van der Waals surface area (Å²) in [5, 5.41) is 0. The molecule has 94 valence electrons. The predicted octanol–water partition coefficient (Wildman–Crippen LogP) is 0.732. The van der Waals surface area contributed by atoms with Gasteiger partial charge < -0.3 is 5.73 Å². The second-order valence-electron chi connectivity index (χ2n) is 4.41. The van der Waals surface area contributed by atoms with Crippen molar-refractivity contribution in [2.24, 2.45) is 5.73 Å². The van der Waals surface area contributed by atoms with Crippen LogP contribution in [0.5, 0.6) is 0 Å². The minimum Gasteiger partial charge on any atom is -0.320 e. The zero-order valence-corrected chi connectivity index (χ0v) is 10.9. The lowest BCUT2D eigenvalue weighted by Crippen LogP contribution is -2.46. The standard InChI is InChI=1S/C13H21N3O/c1-8-5-10(3)11(6-9(8)2)7-12(14)13(17)16-15-4/h5-6,12,15H,7,14H2,1-4H3,(H,16,17). The van der Waals surface area contributed by atoms with E-state index in [1.54, 1.807) is 7.05 Å². The summed E-state index contributed by atoms with van der Waals surface area (Å²) in [5.74, 6) is -0.190. The number of carbonyl (C=O) groups is 1. The van der Waals surface area contributed by atoms with Gasteiger partial charge in [0.2, 0.25) is 0 Å². The van der Waals surface area contributed by atoms with Crippen molar-refractivity contribution >= 4 is 5.91 Å². The summed E-state index contributed by atoms with van der Waals surface area (Å²) in [7, 11) is 1.64. The fraction of sp³-hybridized carbons (Fsp3) is 0.462. The molecule has 1 aromatic rings. The van der Waals surface area contributed by atoms with E-state index in [4.69, 9.17) is 5.73 Å². The van der Waals surface area contributed by atoms with E-state index in [-0.39, 0.29) is 5.91 Å². The number of aryl methyl sites for hydroxylation is 3. The van der Waals surface area contributed by atoms with Crippen molar-refractivity contribution in [3.8, 4) is 0 Å². The molecule has 1 unspecified atom stereocenters. The van der Waals surface area contributed by atoms with Crippen molar-refractivity contribution in [2.75, 3.05) is 7.05 Å². The zero-order valence-electron chi connectivity index (χ0n) is 10.9. The lowest BCUT2D eigenvalue weighted by Gasteiger charge is -2.14. The van der Waals surface area contributed by atoms with Crippen LogP contribution in [-0.2, 0) is 11.2 Å². The van der Waals surface area contributed by atoms with Crippen LogP contribution in [0.1, 0.15) is 22.3 Å². The van der Waals surface area contributed by atoms with Crippen LogP contribution in [0.4, 0.5) is 0 Å². The Kier molecular flexibility index (Phi) is 4.66. The molecule has 0 spiro atoms. The summed E-state index contributed by atoms with van der Waals surface area (Å²) in [6, 6.07) is 3.72. The van der Waals surface area contributed by atoms with Crippen LogP contribution in [0, 0.1) is 20.8 Å². The molecule has 4 nitrogen and oxygen atoms in total. The summed E-state index contributed by atoms with van der Waals surface area (Å²) >= 11 is 0. The summed E-state index contributed by atoms with van der Waals surface area (Å²) in [6.45, 7) is 6.20. The first kappa shape index (κ1) is 13.7. The van der Waals surface area contributed by atoms with Crippen molar-refractivity contribution in [1.29, 1.82) is 0 Å². The number of rotatable bonds is 4. The Labute approximate surface area is 103 Å². The molecule has 4 heteroatoms. The SMILES string of the molecule is CNNC(=O)C(N)Cc1cc(C)c(C)cc1C. The lowest BCUT2D eigenvalue weighted by molar-refractivity contribution is -0.123. The molecule has 1 atom stereocenters. The fourth-order valence-electron chi connectivity index (χ4n) is 1.79. The number of amides is 1. The maximum atomic E-state index is 11.5. The van der Waals surface area contributed by atoms with E-state index in [0.29, 0.717) is 6.42 Å². The molecule has 4 N–H and O–H groups in total. The van der Waals surface area contributed by atoms with Crippen LogP contribution >= 0.6 is 0 Å². The van der Waals surface area contributed by atoms with Gasteiger partial charge in [0.05, 0.1) is 6.04 Å². The van der Waals surface area contributed by atoms with Gasteiger partial charge in [-0.3, -0.25) is 10.2 Å². The average molecular weight is 235 g/mol. The van der Waals surface area contributed by atoms with E-state index in [2.05, 4.69) is 36.8 Å². The minimum atomic E-state index is -0.525. The van der Waals surface area contributed by atoms with Gasteiger partial charge in [0.25, 0.3) is 5.91 Å². The first-order valence-electron chi connectivity index (χ1n) is 5.74. The number of carbonyl (C=O) groups excluding carboxylic acids is 1. The van der Waals surface area contributed by atoms with Gasteiger partial charge in [-0.2, -0.15) is 0 Å². The first-order valence-corrected chi connectivity index (χ1v) is 5.74. The highest BCUT2D eigenvalue weighted by Crippen LogP contribution is 2.16. The monoisotopic (exact) mass is 235 g/mol. The topological polar surface area (TPSA) is 67.1 Å². The third-order valence-corrected chi connectivity index (χ3v) is 2.98. The Morgan fingerprint density at radius 2 is 1.82 bits per heavy atom. The molecular formula is C13H21N3O. The summed E-state index contributed by atoms with van der Waals surface area (Å²) in [6.07, 6.45) is 0.556. The quantitative estimate of drug-likeness (QED) is 0.674. The lowest BCUT2D eigenvalue weighted by atomic mass is 9.96. The fourth-order valence-corrected chi connectivity index (χ4v) is 1.79. The molecule has 0 aromatic heterocycles. The maximum absolute atomic E-state index is 11.5. The molecule has 0 saturated carbocycles. The van der Waals surface area contributed by atoms with Crippen LogP contribution < -0.4 is 16.6 Å². The molecule has 1 aromatic carbocycles. The average Bonchev–Trinajstić information content (AvgIpc) is 2.26. The second kappa shape index (κ2) is 5.80. The van der Waals surface area contributed by atoms with Crippen molar-refractivity contribution in [3.63, 3.8) is 0 Å². The largest absolute Gasteiger partial charge is 0.320 e. The zero-order chi connectivity index (χ0) is 13.0. The maximum Gasteiger partial charge on any atom is 0.251 e. The van der Waals surface area contributed by atoms with Gasteiger partial charge in [-0.15, -0.1) is 0 Å². The number of nitrogens with one attached hydrogen (secondary N) is 2. The smallest absolute Gasteiger partial charge is 0.251 e. The van der Waals surface area contributed by atoms with Crippen LogP contribution in [0.15, 0.2) is 12.1 Å². The Bertz CT molecular complexity index is 415. The molecule has 0 aliphatic carbocycles. The molecule has 0 aliphatic heterocycles. The number of nitrogens with two attached hydrogens (primary N) is 1. The van der Waals surface area contributed by atoms with Gasteiger partial charge in [-0.25, -0.2) is 5.43 Å². The van der Waals surface area contributed by atoms with E-state index in [1.165, 1.54) is 16.7 Å². The van der Waals surface area contributed by atoms with Gasteiger partial charge in [0.1, 0.15) is 0 Å². The highest BCUT2D eigenvalue weighted by molar-refractivity contribution is 5.81. The van der Waals surface area contributed by atoms with Crippen molar-refractivity contribution in [1.82, 2.24) is 10.9 Å². The molecule has 0 aliphatic rings. The second-order valence-corrected chi connectivity index (χ2v) is 4.41. The normalized spacial score (nSPS) is 12.3. The van der Waals surface area contributed by atoms with E-state index < -0.39 is 6.04 Å². The highest BCUT2D eigenvalue weighted by atomic mass is 16.2. The highest BCUT2D eigenvalue weighted by Gasteiger charge is 2.14. The van der Waals surface area contributed by atoms with E-state index in [1.807, 2.05) is 6.92 Å². The van der Waals surface area contributed by atoms with E-state index >= 15 is 0 Å². The summed E-state index contributed by atoms with van der Waals surface area (Å²) in [4.78, 5) is 11.5. The van der Waals surface area contributed by atoms with Gasteiger partial charge >= 0.3 is 0 Å². The number of hydrogen-bond acceptors (Lipinski definition) is 3. The summed E-state index contributed by atoms with van der Waals surface area (Å²) in [5.41, 5.74) is 15.7. The predicted molar refractivity (Wildman–Crippen MR) is 69.5 cm³/mol. The molecule has 1 amide bonds. The number of benzene rings is 1. The van der Waals surface area contributed by atoms with Gasteiger partial charge in [-0.1, -0.05) is 12.1 Å². The molecule has 0 fully saturated rings. The molecule has 0 saturated heterocycles.